The van der Waals surface area contributed by atoms with Crippen LogP contribution in [-0.2, 0) is 10.0 Å². The van der Waals surface area contributed by atoms with Crippen molar-refractivity contribution in [2.75, 3.05) is 47.3 Å². The van der Waals surface area contributed by atoms with Crippen LogP contribution in [-0.4, -0.2) is 57.3 Å². The Morgan fingerprint density at radius 1 is 1.03 bits per heavy atom. The Balaban J connectivity index is 1.58. The average molecular weight is 483 g/mol. The Morgan fingerprint density at radius 2 is 1.74 bits per heavy atom. The van der Waals surface area contributed by atoms with E-state index in [-0.39, 0.29) is 16.1 Å². The van der Waals surface area contributed by atoms with Gasteiger partial charge >= 0.3 is 5.97 Å². The lowest BCUT2D eigenvalue weighted by Gasteiger charge is -2.37. The molecule has 1 fully saturated rings. The summed E-state index contributed by atoms with van der Waals surface area (Å²) < 4.78 is 34.1. The first kappa shape index (κ1) is 23.4. The van der Waals surface area contributed by atoms with E-state index in [2.05, 4.69) is 14.6 Å². The second-order valence-electron chi connectivity index (χ2n) is 7.71. The predicted octanol–water partition coefficient (Wildman–Crippen LogP) is 3.31. The van der Waals surface area contributed by atoms with Crippen LogP contribution in [0.15, 0.2) is 71.8 Å². The number of aromatic nitrogens is 1. The number of ether oxygens (including phenoxy) is 1. The summed E-state index contributed by atoms with van der Waals surface area (Å²) in [7, 11) is -3.95. The maximum atomic E-state index is 13.1. The van der Waals surface area contributed by atoms with Gasteiger partial charge in [0, 0.05) is 32.4 Å². The number of anilines is 3. The number of pyridine rings is 1. The van der Waals surface area contributed by atoms with Crippen LogP contribution < -0.4 is 19.3 Å². The molecule has 178 valence electrons. The number of hydrogen-bond donors (Lipinski definition) is 2. The number of sulfonamides is 1. The lowest BCUT2D eigenvalue weighted by Crippen LogP contribution is -2.47. The van der Waals surface area contributed by atoms with Crippen LogP contribution >= 0.6 is 0 Å². The van der Waals surface area contributed by atoms with Crippen LogP contribution in [0.5, 0.6) is 5.75 Å². The van der Waals surface area contributed by atoms with Gasteiger partial charge in [-0.3, -0.25) is 4.72 Å². The summed E-state index contributed by atoms with van der Waals surface area (Å²) in [4.78, 5) is 20.2. The van der Waals surface area contributed by atoms with Gasteiger partial charge in [0.1, 0.15) is 11.6 Å². The number of hydrogen-bond acceptors (Lipinski definition) is 7. The molecule has 0 amide bonds. The summed E-state index contributed by atoms with van der Waals surface area (Å²) in [5, 5.41) is 9.45. The highest BCUT2D eigenvalue weighted by Gasteiger charge is 2.24. The topological polar surface area (TPSA) is 112 Å². The van der Waals surface area contributed by atoms with Crippen molar-refractivity contribution in [1.29, 1.82) is 0 Å². The first-order valence-electron chi connectivity index (χ1n) is 10.9. The van der Waals surface area contributed by atoms with Crippen LogP contribution in [0.3, 0.4) is 0 Å². The zero-order chi connectivity index (χ0) is 24.1. The lowest BCUT2D eigenvalue weighted by atomic mass is 10.1. The number of nitrogens with zero attached hydrogens (tertiary/aromatic N) is 3. The third-order valence-corrected chi connectivity index (χ3v) is 6.91. The number of carboxylic acids is 1. The minimum atomic E-state index is -3.95. The minimum Gasteiger partial charge on any atom is -0.494 e. The number of carbonyl (C=O) groups is 1. The quantitative estimate of drug-likeness (QED) is 0.503. The minimum absolute atomic E-state index is 0.000246. The largest absolute Gasteiger partial charge is 0.494 e. The number of benzene rings is 2. The molecule has 2 aromatic carbocycles. The summed E-state index contributed by atoms with van der Waals surface area (Å²) in [5.41, 5.74) is 0.848. The van der Waals surface area contributed by atoms with Gasteiger partial charge in [-0.2, -0.15) is 0 Å². The molecule has 0 bridgehead atoms. The van der Waals surface area contributed by atoms with E-state index in [4.69, 9.17) is 4.74 Å². The predicted molar refractivity (Wildman–Crippen MR) is 130 cm³/mol. The summed E-state index contributed by atoms with van der Waals surface area (Å²) in [6.45, 7) is 4.97. The van der Waals surface area contributed by atoms with Gasteiger partial charge in [-0.05, 0) is 61.5 Å². The molecule has 34 heavy (non-hydrogen) atoms. The molecule has 9 nitrogen and oxygen atoms in total. The third kappa shape index (κ3) is 5.23. The molecule has 0 saturated carbocycles. The molecule has 10 heteroatoms. The molecule has 3 aromatic rings. The van der Waals surface area contributed by atoms with Crippen molar-refractivity contribution in [2.24, 2.45) is 0 Å². The fraction of sp³-hybridized carbons (Fsp3) is 0.250. The molecule has 1 saturated heterocycles. The normalized spacial score (nSPS) is 14.0. The van der Waals surface area contributed by atoms with Crippen molar-refractivity contribution in [3.05, 3.63) is 72.4 Å². The van der Waals surface area contributed by atoms with Gasteiger partial charge in [0.2, 0.25) is 0 Å². The SMILES string of the molecule is CCOc1ccc(S(=O)(=O)Nc2cc(C(=O)O)ccc2N2CCN(c3ccccn3)CC2)cc1. The molecule has 0 aliphatic carbocycles. The third-order valence-electron chi connectivity index (χ3n) is 5.53. The van der Waals surface area contributed by atoms with Crippen molar-refractivity contribution in [2.45, 2.75) is 11.8 Å². The van der Waals surface area contributed by atoms with Crippen molar-refractivity contribution >= 4 is 33.2 Å². The highest BCUT2D eigenvalue weighted by molar-refractivity contribution is 7.92. The second kappa shape index (κ2) is 10.0. The van der Waals surface area contributed by atoms with E-state index < -0.39 is 16.0 Å². The number of rotatable bonds is 8. The van der Waals surface area contributed by atoms with E-state index in [0.29, 0.717) is 44.2 Å². The first-order valence-corrected chi connectivity index (χ1v) is 12.4. The van der Waals surface area contributed by atoms with Crippen molar-refractivity contribution in [1.82, 2.24) is 4.98 Å². The van der Waals surface area contributed by atoms with Crippen molar-refractivity contribution in [3.63, 3.8) is 0 Å². The first-order chi connectivity index (χ1) is 16.4. The van der Waals surface area contributed by atoms with Crippen LogP contribution in [0, 0.1) is 0 Å². The van der Waals surface area contributed by atoms with Gasteiger partial charge in [0.05, 0.1) is 28.4 Å². The fourth-order valence-corrected chi connectivity index (χ4v) is 4.89. The maximum absolute atomic E-state index is 13.1. The Bertz CT molecular complexity index is 1240. The van der Waals surface area contributed by atoms with Gasteiger partial charge in [-0.15, -0.1) is 0 Å². The molecule has 1 aliphatic heterocycles. The van der Waals surface area contributed by atoms with Gasteiger partial charge in [0.15, 0.2) is 0 Å². The van der Waals surface area contributed by atoms with Crippen molar-refractivity contribution in [3.8, 4) is 5.75 Å². The Morgan fingerprint density at radius 3 is 2.35 bits per heavy atom. The van der Waals surface area contributed by atoms with Crippen LogP contribution in [0.2, 0.25) is 0 Å². The summed E-state index contributed by atoms with van der Waals surface area (Å²) >= 11 is 0. The molecule has 0 radical (unpaired) electrons. The molecule has 2 N–H and O–H groups in total. The van der Waals surface area contributed by atoms with Gasteiger partial charge in [-0.25, -0.2) is 18.2 Å². The highest BCUT2D eigenvalue weighted by atomic mass is 32.2. The Hall–Kier alpha value is -3.79. The van der Waals surface area contributed by atoms with Crippen molar-refractivity contribution < 1.29 is 23.1 Å². The zero-order valence-electron chi connectivity index (χ0n) is 18.7. The summed E-state index contributed by atoms with van der Waals surface area (Å²) in [6.07, 6.45) is 1.75. The van der Waals surface area contributed by atoms with E-state index in [1.54, 1.807) is 24.4 Å². The van der Waals surface area contributed by atoms with E-state index in [9.17, 15) is 18.3 Å². The Kier molecular flexibility index (Phi) is 6.87. The van der Waals surface area contributed by atoms with E-state index >= 15 is 0 Å². The molecular weight excluding hydrogens is 456 g/mol. The number of carboxylic acid groups (broad SMARTS) is 1. The van der Waals surface area contributed by atoms with Crippen LogP contribution in [0.25, 0.3) is 0 Å². The molecule has 4 rings (SSSR count). The number of aromatic carboxylic acids is 1. The fourth-order valence-electron chi connectivity index (χ4n) is 3.83. The van der Waals surface area contributed by atoms with E-state index in [0.717, 1.165) is 5.82 Å². The van der Waals surface area contributed by atoms with E-state index in [1.807, 2.05) is 30.0 Å². The molecule has 1 aliphatic rings. The second-order valence-corrected chi connectivity index (χ2v) is 9.39. The average Bonchev–Trinajstić information content (AvgIpc) is 2.85. The molecule has 1 aromatic heterocycles. The zero-order valence-corrected chi connectivity index (χ0v) is 19.5. The van der Waals surface area contributed by atoms with Gasteiger partial charge in [-0.1, -0.05) is 6.07 Å². The van der Waals surface area contributed by atoms with Crippen LogP contribution in [0.1, 0.15) is 17.3 Å². The summed E-state index contributed by atoms with van der Waals surface area (Å²) in [6, 6.07) is 16.3. The van der Waals surface area contributed by atoms with Crippen LogP contribution in [0.4, 0.5) is 17.2 Å². The molecular formula is C24H26N4O5S. The van der Waals surface area contributed by atoms with Gasteiger partial charge in [0.25, 0.3) is 10.0 Å². The molecule has 0 atom stereocenters. The highest BCUT2D eigenvalue weighted by Crippen LogP contribution is 2.31. The van der Waals surface area contributed by atoms with Gasteiger partial charge < -0.3 is 19.6 Å². The van der Waals surface area contributed by atoms with E-state index in [1.165, 1.54) is 24.3 Å². The smallest absolute Gasteiger partial charge is 0.335 e. The Labute approximate surface area is 198 Å². The molecule has 0 spiro atoms. The lowest BCUT2D eigenvalue weighted by molar-refractivity contribution is 0.0697. The maximum Gasteiger partial charge on any atom is 0.335 e. The standard InChI is InChI=1S/C24H26N4O5S/c1-2-33-19-7-9-20(10-8-19)34(31,32)26-21-17-18(24(29)30)6-11-22(21)27-13-15-28(16-14-27)23-5-3-4-12-25-23/h3-12,17,26H,2,13-16H2,1H3,(H,29,30). The summed E-state index contributed by atoms with van der Waals surface area (Å²) in [5.74, 6) is 0.327. The molecule has 2 heterocycles. The molecule has 0 unspecified atom stereocenters. The number of piperazine rings is 1. The number of nitrogens with one attached hydrogen (secondary N) is 1. The monoisotopic (exact) mass is 482 g/mol.